The summed E-state index contributed by atoms with van der Waals surface area (Å²) >= 11 is 6.30. The highest BCUT2D eigenvalue weighted by molar-refractivity contribution is 7.71. The van der Waals surface area contributed by atoms with Gasteiger partial charge in [-0.3, -0.25) is 0 Å². The summed E-state index contributed by atoms with van der Waals surface area (Å²) in [5.74, 6) is 2.01. The Labute approximate surface area is 242 Å². The minimum atomic E-state index is -4.47. The van der Waals surface area contributed by atoms with Gasteiger partial charge in [0.15, 0.2) is 17.5 Å². The van der Waals surface area contributed by atoms with Crippen LogP contribution in [0.5, 0.6) is 5.75 Å². The molecule has 3 aromatic rings. The van der Waals surface area contributed by atoms with Crippen molar-refractivity contribution in [1.82, 2.24) is 14.9 Å². The molecule has 0 unspecified atom stereocenters. The fourth-order valence-electron chi connectivity index (χ4n) is 5.18. The Balaban J connectivity index is 1.40. The van der Waals surface area contributed by atoms with E-state index in [0.29, 0.717) is 59.9 Å². The lowest BCUT2D eigenvalue weighted by Crippen LogP contribution is -2.36. The molecule has 0 aliphatic carbocycles. The first-order valence-electron chi connectivity index (χ1n) is 13.6. The molecule has 5 rings (SSSR count). The van der Waals surface area contributed by atoms with E-state index in [0.717, 1.165) is 43.5 Å². The number of ether oxygens (including phenoxy) is 1. The highest BCUT2D eigenvalue weighted by Gasteiger charge is 2.32. The Morgan fingerprint density at radius 2 is 1.93 bits per heavy atom. The van der Waals surface area contributed by atoms with Gasteiger partial charge in [0, 0.05) is 55.4 Å². The minimum absolute atomic E-state index is 0.137. The SMILES string of the molecule is CCN1CCP(=O)(c2ccc(Nc3cnc4c(n3)N(Cc3cc(C(F)(F)F)ccc3Cl)CCCN4)c(OC)c2)CC1. The van der Waals surface area contributed by atoms with Crippen LogP contribution in [0.1, 0.15) is 24.5 Å². The predicted octanol–water partition coefficient (Wildman–Crippen LogP) is 6.05. The fraction of sp³-hybridized carbons (Fsp3) is 0.429. The van der Waals surface area contributed by atoms with E-state index in [-0.39, 0.29) is 11.6 Å². The predicted molar refractivity (Wildman–Crippen MR) is 158 cm³/mol. The Hall–Kier alpha value is -3.01. The van der Waals surface area contributed by atoms with Gasteiger partial charge in [-0.15, -0.1) is 0 Å². The van der Waals surface area contributed by atoms with Crippen LogP contribution in [-0.4, -0.2) is 67.0 Å². The Morgan fingerprint density at radius 1 is 1.15 bits per heavy atom. The third-order valence-corrected chi connectivity index (χ3v) is 11.0. The molecule has 0 amide bonds. The number of nitrogens with one attached hydrogen (secondary N) is 2. The van der Waals surface area contributed by atoms with Crippen molar-refractivity contribution in [3.05, 3.63) is 58.7 Å². The van der Waals surface area contributed by atoms with Crippen molar-refractivity contribution in [3.8, 4) is 5.75 Å². The zero-order chi connectivity index (χ0) is 29.2. The van der Waals surface area contributed by atoms with Crippen molar-refractivity contribution in [2.45, 2.75) is 26.1 Å². The van der Waals surface area contributed by atoms with E-state index in [2.05, 4.69) is 27.4 Å². The van der Waals surface area contributed by atoms with Gasteiger partial charge in [0.25, 0.3) is 0 Å². The van der Waals surface area contributed by atoms with Crippen molar-refractivity contribution in [2.75, 3.05) is 67.7 Å². The Bertz CT molecular complexity index is 1440. The number of methoxy groups -OCH3 is 1. The summed E-state index contributed by atoms with van der Waals surface area (Å²) in [5, 5.41) is 7.55. The Kier molecular flexibility index (Phi) is 8.68. The van der Waals surface area contributed by atoms with Gasteiger partial charge in [0.1, 0.15) is 12.9 Å². The van der Waals surface area contributed by atoms with Crippen molar-refractivity contribution >= 4 is 47.2 Å². The molecule has 13 heteroatoms. The largest absolute Gasteiger partial charge is 0.495 e. The maximum Gasteiger partial charge on any atom is 0.416 e. The number of halogens is 4. The zero-order valence-electron chi connectivity index (χ0n) is 23.0. The standard InChI is InChI=1S/C28H33ClF3N6O2P/c1-3-37-11-13-41(39,14-12-37)21-6-8-23(24(16-21)40-2)35-25-17-34-26-27(36-25)38(10-4-9-33-26)18-19-15-20(28(30,31)32)5-7-22(19)29/h5-8,15-17H,3-4,9-14,18H2,1-2H3,(H,33,34)(H,35,36). The second-order valence-electron chi connectivity index (χ2n) is 10.2. The highest BCUT2D eigenvalue weighted by Crippen LogP contribution is 2.47. The molecule has 0 atom stereocenters. The van der Waals surface area contributed by atoms with Gasteiger partial charge in [0.05, 0.1) is 24.6 Å². The Morgan fingerprint density at radius 3 is 2.63 bits per heavy atom. The fourth-order valence-corrected chi connectivity index (χ4v) is 8.01. The van der Waals surface area contributed by atoms with Gasteiger partial charge >= 0.3 is 6.18 Å². The maximum absolute atomic E-state index is 13.7. The molecular weight excluding hydrogens is 576 g/mol. The lowest BCUT2D eigenvalue weighted by molar-refractivity contribution is -0.137. The summed E-state index contributed by atoms with van der Waals surface area (Å²) in [6.45, 7) is 6.03. The van der Waals surface area contributed by atoms with Gasteiger partial charge in [-0.1, -0.05) is 18.5 Å². The molecule has 1 saturated heterocycles. The summed E-state index contributed by atoms with van der Waals surface area (Å²) in [6, 6.07) is 8.90. The van der Waals surface area contributed by atoms with Crippen LogP contribution in [0.3, 0.4) is 0 Å². The van der Waals surface area contributed by atoms with E-state index in [9.17, 15) is 17.7 Å². The second kappa shape index (κ2) is 12.1. The molecule has 2 aliphatic rings. The lowest BCUT2D eigenvalue weighted by Gasteiger charge is -2.31. The van der Waals surface area contributed by atoms with E-state index in [1.807, 2.05) is 23.1 Å². The number of rotatable bonds is 7. The quantitative estimate of drug-likeness (QED) is 0.314. The van der Waals surface area contributed by atoms with Gasteiger partial charge in [-0.2, -0.15) is 13.2 Å². The van der Waals surface area contributed by atoms with Crippen molar-refractivity contribution in [2.24, 2.45) is 0 Å². The summed E-state index contributed by atoms with van der Waals surface area (Å²) in [7, 11) is -0.950. The van der Waals surface area contributed by atoms with Crippen LogP contribution in [0.4, 0.5) is 36.3 Å². The third kappa shape index (κ3) is 6.58. The van der Waals surface area contributed by atoms with Crippen LogP contribution in [0.25, 0.3) is 0 Å². The average Bonchev–Trinajstić information content (AvgIpc) is 3.16. The second-order valence-corrected chi connectivity index (χ2v) is 13.8. The summed E-state index contributed by atoms with van der Waals surface area (Å²) in [6.07, 6.45) is -0.855. The number of aromatic nitrogens is 2. The number of fused-ring (bicyclic) bond motifs is 1. The van der Waals surface area contributed by atoms with Crippen LogP contribution < -0.4 is 25.6 Å². The van der Waals surface area contributed by atoms with E-state index >= 15 is 0 Å². The molecular formula is C28H33ClF3N6O2P. The van der Waals surface area contributed by atoms with Crippen LogP contribution in [0.2, 0.25) is 5.02 Å². The molecule has 0 spiro atoms. The van der Waals surface area contributed by atoms with Gasteiger partial charge < -0.3 is 29.7 Å². The molecule has 0 bridgehead atoms. The monoisotopic (exact) mass is 608 g/mol. The van der Waals surface area contributed by atoms with E-state index in [4.69, 9.17) is 21.3 Å². The molecule has 8 nitrogen and oxygen atoms in total. The van der Waals surface area contributed by atoms with Crippen molar-refractivity contribution in [3.63, 3.8) is 0 Å². The maximum atomic E-state index is 13.7. The molecule has 1 aromatic heterocycles. The van der Waals surface area contributed by atoms with Crippen molar-refractivity contribution in [1.29, 1.82) is 0 Å². The van der Waals surface area contributed by atoms with E-state index < -0.39 is 18.9 Å². The molecule has 2 N–H and O–H groups in total. The number of hydrogen-bond donors (Lipinski definition) is 2. The van der Waals surface area contributed by atoms with Crippen LogP contribution in [0.15, 0.2) is 42.6 Å². The molecule has 1 fully saturated rings. The van der Waals surface area contributed by atoms with Crippen LogP contribution in [0, 0.1) is 0 Å². The summed E-state index contributed by atoms with van der Waals surface area (Å²) in [4.78, 5) is 13.5. The number of hydrogen-bond acceptors (Lipinski definition) is 8. The molecule has 41 heavy (non-hydrogen) atoms. The van der Waals surface area contributed by atoms with Crippen LogP contribution in [-0.2, 0) is 17.3 Å². The first-order valence-corrected chi connectivity index (χ1v) is 16.0. The minimum Gasteiger partial charge on any atom is -0.495 e. The van der Waals surface area contributed by atoms with Crippen molar-refractivity contribution < 1.29 is 22.5 Å². The first kappa shape index (κ1) is 29.5. The molecule has 3 heterocycles. The van der Waals surface area contributed by atoms with Crippen LogP contribution >= 0.6 is 18.7 Å². The third-order valence-electron chi connectivity index (χ3n) is 7.61. The van der Waals surface area contributed by atoms with Gasteiger partial charge in [-0.05, 0) is 54.9 Å². The van der Waals surface area contributed by atoms with Gasteiger partial charge in [0.2, 0.25) is 0 Å². The molecule has 0 saturated carbocycles. The molecule has 2 aliphatic heterocycles. The van der Waals surface area contributed by atoms with E-state index in [1.165, 1.54) is 6.07 Å². The molecule has 220 valence electrons. The van der Waals surface area contributed by atoms with Gasteiger partial charge in [-0.25, -0.2) is 9.97 Å². The molecule has 0 radical (unpaired) electrons. The number of nitrogens with zero attached hydrogens (tertiary/aromatic N) is 4. The normalized spacial score (nSPS) is 17.4. The lowest BCUT2D eigenvalue weighted by atomic mass is 10.1. The summed E-state index contributed by atoms with van der Waals surface area (Å²) < 4.78 is 59.4. The first-order chi connectivity index (χ1) is 19.6. The topological polar surface area (TPSA) is 82.6 Å². The summed E-state index contributed by atoms with van der Waals surface area (Å²) in [5.41, 5.74) is 0.241. The molecule has 2 aromatic carbocycles. The highest BCUT2D eigenvalue weighted by atomic mass is 35.5. The smallest absolute Gasteiger partial charge is 0.416 e. The number of benzene rings is 2. The zero-order valence-corrected chi connectivity index (χ0v) is 24.6. The van der Waals surface area contributed by atoms with E-state index in [1.54, 1.807) is 13.3 Å². The average molecular weight is 609 g/mol. The number of anilines is 4. The number of alkyl halides is 3.